The van der Waals surface area contributed by atoms with Crippen molar-refractivity contribution in [2.45, 2.75) is 20.4 Å². The first-order valence-electron chi connectivity index (χ1n) is 5.87. The van der Waals surface area contributed by atoms with Gasteiger partial charge in [-0.05, 0) is 19.9 Å². The maximum absolute atomic E-state index is 12.0. The van der Waals surface area contributed by atoms with Crippen LogP contribution in [0.2, 0.25) is 0 Å². The minimum atomic E-state index is -1.00. The van der Waals surface area contributed by atoms with Gasteiger partial charge in [0.1, 0.15) is 15.6 Å². The Labute approximate surface area is 119 Å². The lowest BCUT2D eigenvalue weighted by Crippen LogP contribution is -2.25. The van der Waals surface area contributed by atoms with Gasteiger partial charge in [-0.1, -0.05) is 0 Å². The van der Waals surface area contributed by atoms with E-state index in [4.69, 9.17) is 5.11 Å². The summed E-state index contributed by atoms with van der Waals surface area (Å²) in [6.45, 7) is 3.64. The molecule has 2 aromatic heterocycles. The molecule has 0 bridgehead atoms. The second-order valence-corrected chi connectivity index (χ2v) is 5.39. The zero-order chi connectivity index (χ0) is 14.9. The van der Waals surface area contributed by atoms with E-state index in [0.29, 0.717) is 16.4 Å². The molecule has 0 atom stereocenters. The molecular formula is C12H14N4O3S. The molecule has 2 aromatic rings. The first-order valence-corrected chi connectivity index (χ1v) is 6.68. The lowest BCUT2D eigenvalue weighted by Gasteiger charge is -2.02. The highest BCUT2D eigenvalue weighted by Gasteiger charge is 2.16. The molecule has 0 spiro atoms. The van der Waals surface area contributed by atoms with E-state index >= 15 is 0 Å². The molecule has 8 heteroatoms. The van der Waals surface area contributed by atoms with Crippen LogP contribution < -0.4 is 5.32 Å². The van der Waals surface area contributed by atoms with Gasteiger partial charge in [0.15, 0.2) is 0 Å². The molecule has 0 radical (unpaired) electrons. The van der Waals surface area contributed by atoms with Gasteiger partial charge in [-0.15, -0.1) is 11.3 Å². The van der Waals surface area contributed by atoms with Crippen molar-refractivity contribution >= 4 is 23.2 Å². The maximum atomic E-state index is 12.0. The normalized spacial score (nSPS) is 10.6. The smallest absolute Gasteiger partial charge is 0.347 e. The summed E-state index contributed by atoms with van der Waals surface area (Å²) in [6, 6.07) is 1.69. The van der Waals surface area contributed by atoms with Gasteiger partial charge < -0.3 is 10.4 Å². The van der Waals surface area contributed by atoms with E-state index in [1.807, 2.05) is 0 Å². The molecule has 106 valence electrons. The van der Waals surface area contributed by atoms with Gasteiger partial charge in [-0.2, -0.15) is 5.10 Å². The number of hydrogen-bond acceptors (Lipinski definition) is 5. The summed E-state index contributed by atoms with van der Waals surface area (Å²) in [5.41, 5.74) is 1.67. The Balaban J connectivity index is 2.05. The Kier molecular flexibility index (Phi) is 3.84. The van der Waals surface area contributed by atoms with Crippen molar-refractivity contribution in [1.82, 2.24) is 20.1 Å². The third kappa shape index (κ3) is 2.85. The van der Waals surface area contributed by atoms with Crippen molar-refractivity contribution in [2.75, 3.05) is 0 Å². The third-order valence-corrected chi connectivity index (χ3v) is 3.82. The molecule has 0 unspecified atom stereocenters. The predicted molar refractivity (Wildman–Crippen MR) is 72.9 cm³/mol. The van der Waals surface area contributed by atoms with Crippen LogP contribution in [0.25, 0.3) is 0 Å². The monoisotopic (exact) mass is 294 g/mol. The predicted octanol–water partition coefficient (Wildman–Crippen LogP) is 1.12. The summed E-state index contributed by atoms with van der Waals surface area (Å²) in [6.07, 6.45) is 0. The lowest BCUT2D eigenvalue weighted by atomic mass is 10.3. The van der Waals surface area contributed by atoms with Crippen LogP contribution >= 0.6 is 11.3 Å². The molecule has 1 amide bonds. The highest BCUT2D eigenvalue weighted by molar-refractivity contribution is 7.13. The molecule has 0 fully saturated rings. The van der Waals surface area contributed by atoms with Crippen LogP contribution in [0.4, 0.5) is 0 Å². The molecule has 0 aliphatic carbocycles. The molecule has 20 heavy (non-hydrogen) atoms. The van der Waals surface area contributed by atoms with E-state index in [2.05, 4.69) is 15.4 Å². The van der Waals surface area contributed by atoms with Gasteiger partial charge in [0, 0.05) is 7.05 Å². The molecular weight excluding hydrogens is 280 g/mol. The number of carbonyl (C=O) groups excluding carboxylic acids is 1. The number of rotatable bonds is 4. The van der Waals surface area contributed by atoms with E-state index < -0.39 is 5.97 Å². The molecule has 2 rings (SSSR count). The summed E-state index contributed by atoms with van der Waals surface area (Å²) >= 11 is 1.07. The average Bonchev–Trinajstić information content (AvgIpc) is 2.89. The highest BCUT2D eigenvalue weighted by atomic mass is 32.1. The van der Waals surface area contributed by atoms with Crippen LogP contribution in [0.5, 0.6) is 0 Å². The third-order valence-electron chi connectivity index (χ3n) is 2.67. The summed E-state index contributed by atoms with van der Waals surface area (Å²) in [4.78, 5) is 27.2. The van der Waals surface area contributed by atoms with Gasteiger partial charge in [0.2, 0.25) is 0 Å². The minimum Gasteiger partial charge on any atom is -0.477 e. The number of amides is 1. The number of aryl methyl sites for hydroxylation is 3. The van der Waals surface area contributed by atoms with Crippen LogP contribution in [0.15, 0.2) is 6.07 Å². The lowest BCUT2D eigenvalue weighted by molar-refractivity contribution is 0.0701. The fourth-order valence-electron chi connectivity index (χ4n) is 1.80. The first-order chi connectivity index (χ1) is 9.38. The van der Waals surface area contributed by atoms with Crippen LogP contribution in [-0.4, -0.2) is 31.7 Å². The maximum Gasteiger partial charge on any atom is 0.347 e. The topological polar surface area (TPSA) is 97.1 Å². The molecule has 2 N–H and O–H groups in total. The number of carbonyl (C=O) groups is 2. The minimum absolute atomic E-state index is 0.196. The molecule has 2 heterocycles. The van der Waals surface area contributed by atoms with Gasteiger partial charge in [-0.3, -0.25) is 9.48 Å². The van der Waals surface area contributed by atoms with Gasteiger partial charge in [-0.25, -0.2) is 9.78 Å². The quantitative estimate of drug-likeness (QED) is 0.880. The largest absolute Gasteiger partial charge is 0.477 e. The fraction of sp³-hybridized carbons (Fsp3) is 0.333. The Morgan fingerprint density at radius 2 is 2.15 bits per heavy atom. The summed E-state index contributed by atoms with van der Waals surface area (Å²) < 4.78 is 1.50. The second-order valence-electron chi connectivity index (χ2n) is 4.30. The van der Waals surface area contributed by atoms with Crippen molar-refractivity contribution < 1.29 is 14.7 Å². The van der Waals surface area contributed by atoms with Crippen molar-refractivity contribution in [3.05, 3.63) is 33.0 Å². The Bertz CT molecular complexity index is 674. The van der Waals surface area contributed by atoms with Crippen LogP contribution in [0, 0.1) is 13.8 Å². The van der Waals surface area contributed by atoms with Crippen molar-refractivity contribution in [3.8, 4) is 0 Å². The van der Waals surface area contributed by atoms with Crippen LogP contribution in [0.3, 0.4) is 0 Å². The Morgan fingerprint density at radius 3 is 2.65 bits per heavy atom. The summed E-state index contributed by atoms with van der Waals surface area (Å²) in [5, 5.41) is 16.3. The van der Waals surface area contributed by atoms with Crippen molar-refractivity contribution in [3.63, 3.8) is 0 Å². The van der Waals surface area contributed by atoms with E-state index in [1.165, 1.54) is 4.68 Å². The first kappa shape index (κ1) is 14.2. The summed E-state index contributed by atoms with van der Waals surface area (Å²) in [5.74, 6) is -1.27. The number of thiazole rings is 1. The van der Waals surface area contributed by atoms with E-state index in [0.717, 1.165) is 17.0 Å². The molecule has 7 nitrogen and oxygen atoms in total. The molecule has 0 saturated carbocycles. The number of nitrogens with one attached hydrogen (secondary N) is 1. The molecule has 0 aromatic carbocycles. The highest BCUT2D eigenvalue weighted by Crippen LogP contribution is 2.17. The van der Waals surface area contributed by atoms with Crippen molar-refractivity contribution in [2.24, 2.45) is 7.05 Å². The number of carboxylic acid groups (broad SMARTS) is 1. The number of aromatic nitrogens is 3. The van der Waals surface area contributed by atoms with E-state index in [1.54, 1.807) is 27.0 Å². The number of nitrogens with zero attached hydrogens (tertiary/aromatic N) is 3. The van der Waals surface area contributed by atoms with E-state index in [-0.39, 0.29) is 17.3 Å². The second kappa shape index (κ2) is 5.41. The number of carboxylic acids is 1. The molecule has 0 aliphatic rings. The molecule has 0 saturated heterocycles. The SMILES string of the molecule is Cc1cc(C(=O)NCc2nc(C)c(C(=O)O)s2)n(C)n1. The van der Waals surface area contributed by atoms with Crippen LogP contribution in [0.1, 0.15) is 36.6 Å². The number of hydrogen-bond donors (Lipinski definition) is 2. The fourth-order valence-corrected chi connectivity index (χ4v) is 2.64. The van der Waals surface area contributed by atoms with Gasteiger partial charge in [0.25, 0.3) is 5.91 Å². The average molecular weight is 294 g/mol. The van der Waals surface area contributed by atoms with Crippen molar-refractivity contribution in [1.29, 1.82) is 0 Å². The standard InChI is InChI=1S/C12H14N4O3S/c1-6-4-8(16(3)15-6)11(17)13-5-9-14-7(2)10(20-9)12(18)19/h4H,5H2,1-3H3,(H,13,17)(H,18,19). The zero-order valence-corrected chi connectivity index (χ0v) is 12.1. The number of aromatic carboxylic acids is 1. The molecule has 0 aliphatic heterocycles. The zero-order valence-electron chi connectivity index (χ0n) is 11.3. The van der Waals surface area contributed by atoms with E-state index in [9.17, 15) is 9.59 Å². The van der Waals surface area contributed by atoms with Gasteiger partial charge in [0.05, 0.1) is 17.9 Å². The van der Waals surface area contributed by atoms with Crippen LogP contribution in [-0.2, 0) is 13.6 Å². The summed E-state index contributed by atoms with van der Waals surface area (Å²) in [7, 11) is 1.69. The Hall–Kier alpha value is -2.22. The Morgan fingerprint density at radius 1 is 1.45 bits per heavy atom. The van der Waals surface area contributed by atoms with Gasteiger partial charge >= 0.3 is 5.97 Å².